The molecule has 0 aromatic heterocycles. The zero-order valence-corrected chi connectivity index (χ0v) is 17.4. The van der Waals surface area contributed by atoms with Gasteiger partial charge in [-0.2, -0.15) is 0 Å². The molecule has 1 atom stereocenters. The number of nitrogens with one attached hydrogen (secondary N) is 1. The number of hydrogen-bond donors (Lipinski definition) is 1. The van der Waals surface area contributed by atoms with Gasteiger partial charge in [-0.25, -0.2) is 0 Å². The van der Waals surface area contributed by atoms with Gasteiger partial charge >= 0.3 is 0 Å². The van der Waals surface area contributed by atoms with E-state index in [0.29, 0.717) is 43.1 Å². The van der Waals surface area contributed by atoms with Crippen molar-refractivity contribution in [3.8, 4) is 11.5 Å². The minimum Gasteiger partial charge on any atom is -0.495 e. The Morgan fingerprint density at radius 1 is 1.10 bits per heavy atom. The van der Waals surface area contributed by atoms with Gasteiger partial charge in [-0.05, 0) is 43.3 Å². The Balaban J connectivity index is 1.48. The quantitative estimate of drug-likeness (QED) is 0.839. The predicted octanol–water partition coefficient (Wildman–Crippen LogP) is 2.27. The molecule has 4 rings (SSSR count). The van der Waals surface area contributed by atoms with Crippen molar-refractivity contribution in [2.45, 2.75) is 6.42 Å². The van der Waals surface area contributed by atoms with E-state index >= 15 is 0 Å². The molecule has 1 fully saturated rings. The molecule has 7 nitrogen and oxygen atoms in total. The van der Waals surface area contributed by atoms with Gasteiger partial charge in [-0.3, -0.25) is 9.59 Å². The summed E-state index contributed by atoms with van der Waals surface area (Å²) in [5, 5.41) is 2.94. The van der Waals surface area contributed by atoms with E-state index in [1.165, 1.54) is 0 Å². The molecule has 1 N–H and O–H groups in total. The summed E-state index contributed by atoms with van der Waals surface area (Å²) in [6, 6.07) is 12.9. The molecule has 2 amide bonds. The van der Waals surface area contributed by atoms with E-state index in [1.807, 2.05) is 29.2 Å². The van der Waals surface area contributed by atoms with E-state index in [4.69, 9.17) is 9.47 Å². The molecule has 7 heteroatoms. The highest BCUT2D eigenvalue weighted by molar-refractivity contribution is 5.99. The first-order valence-corrected chi connectivity index (χ1v) is 10.2. The largest absolute Gasteiger partial charge is 0.495 e. The van der Waals surface area contributed by atoms with E-state index in [1.54, 1.807) is 25.3 Å². The van der Waals surface area contributed by atoms with Crippen LogP contribution in [0.5, 0.6) is 11.5 Å². The van der Waals surface area contributed by atoms with Gasteiger partial charge in [0.25, 0.3) is 5.91 Å². The summed E-state index contributed by atoms with van der Waals surface area (Å²) in [5.41, 5.74) is 2.07. The van der Waals surface area contributed by atoms with Crippen LogP contribution in [0.3, 0.4) is 0 Å². The highest BCUT2D eigenvalue weighted by atomic mass is 16.5. The second-order valence-electron chi connectivity index (χ2n) is 7.82. The maximum Gasteiger partial charge on any atom is 0.254 e. The third kappa shape index (κ3) is 4.26. The SMILES string of the molecule is COc1ccc(C(=O)N2CCN(C)CC2)cc1NC(=O)C1COc2ccccc2C1. The lowest BCUT2D eigenvalue weighted by molar-refractivity contribution is -0.121. The number of piperazine rings is 1. The highest BCUT2D eigenvalue weighted by Gasteiger charge is 2.27. The molecule has 30 heavy (non-hydrogen) atoms. The van der Waals surface area contributed by atoms with Gasteiger partial charge in [-0.15, -0.1) is 0 Å². The smallest absolute Gasteiger partial charge is 0.254 e. The predicted molar refractivity (Wildman–Crippen MR) is 114 cm³/mol. The fraction of sp³-hybridized carbons (Fsp3) is 0.391. The number of carbonyl (C=O) groups is 2. The number of amides is 2. The monoisotopic (exact) mass is 409 g/mol. The molecule has 2 aliphatic heterocycles. The molecule has 0 saturated carbocycles. The van der Waals surface area contributed by atoms with Crippen molar-refractivity contribution in [2.75, 3.05) is 52.3 Å². The molecule has 1 unspecified atom stereocenters. The number of nitrogens with zero attached hydrogens (tertiary/aromatic N) is 2. The average Bonchev–Trinajstić information content (AvgIpc) is 2.78. The lowest BCUT2D eigenvalue weighted by Crippen LogP contribution is -2.47. The molecule has 2 aliphatic rings. The fourth-order valence-electron chi connectivity index (χ4n) is 3.86. The number of fused-ring (bicyclic) bond motifs is 1. The molecule has 2 heterocycles. The van der Waals surface area contributed by atoms with Crippen LogP contribution in [0.1, 0.15) is 15.9 Å². The number of carbonyl (C=O) groups excluding carboxylic acids is 2. The zero-order chi connectivity index (χ0) is 21.1. The Hall–Kier alpha value is -3.06. The van der Waals surface area contributed by atoms with Crippen molar-refractivity contribution in [3.05, 3.63) is 53.6 Å². The summed E-state index contributed by atoms with van der Waals surface area (Å²) in [5.74, 6) is 0.874. The van der Waals surface area contributed by atoms with Crippen molar-refractivity contribution >= 4 is 17.5 Å². The van der Waals surface area contributed by atoms with Gasteiger partial charge in [0.1, 0.15) is 18.1 Å². The minimum absolute atomic E-state index is 0.0313. The third-order valence-corrected chi connectivity index (χ3v) is 5.74. The lowest BCUT2D eigenvalue weighted by Gasteiger charge is -2.32. The molecule has 2 aromatic carbocycles. The van der Waals surface area contributed by atoms with Gasteiger partial charge in [0.05, 0.1) is 18.7 Å². The number of para-hydroxylation sites is 1. The maximum atomic E-state index is 12.9. The van der Waals surface area contributed by atoms with Crippen LogP contribution in [0.15, 0.2) is 42.5 Å². The summed E-state index contributed by atoms with van der Waals surface area (Å²) >= 11 is 0. The average molecular weight is 409 g/mol. The van der Waals surface area contributed by atoms with Gasteiger partial charge < -0.3 is 24.6 Å². The van der Waals surface area contributed by atoms with Crippen molar-refractivity contribution in [1.29, 1.82) is 0 Å². The van der Waals surface area contributed by atoms with Crippen LogP contribution in [0, 0.1) is 5.92 Å². The van der Waals surface area contributed by atoms with Crippen LogP contribution in [0.25, 0.3) is 0 Å². The molecule has 1 saturated heterocycles. The number of hydrogen-bond acceptors (Lipinski definition) is 5. The van der Waals surface area contributed by atoms with Crippen molar-refractivity contribution in [3.63, 3.8) is 0 Å². The highest BCUT2D eigenvalue weighted by Crippen LogP contribution is 2.30. The van der Waals surface area contributed by atoms with Crippen LogP contribution < -0.4 is 14.8 Å². The number of anilines is 1. The summed E-state index contributed by atoms with van der Waals surface area (Å²) in [6.45, 7) is 3.43. The summed E-state index contributed by atoms with van der Waals surface area (Å²) in [7, 11) is 3.60. The fourth-order valence-corrected chi connectivity index (χ4v) is 3.86. The van der Waals surface area contributed by atoms with Crippen molar-refractivity contribution in [1.82, 2.24) is 9.80 Å². The van der Waals surface area contributed by atoms with E-state index in [-0.39, 0.29) is 17.7 Å². The summed E-state index contributed by atoms with van der Waals surface area (Å²) in [6.07, 6.45) is 0.615. The van der Waals surface area contributed by atoms with Gasteiger partial charge in [0, 0.05) is 31.7 Å². The first kappa shape index (κ1) is 20.2. The lowest BCUT2D eigenvalue weighted by atomic mass is 9.96. The first-order valence-electron chi connectivity index (χ1n) is 10.2. The topological polar surface area (TPSA) is 71.1 Å². The Bertz CT molecular complexity index is 938. The van der Waals surface area contributed by atoms with Crippen LogP contribution in [-0.4, -0.2) is 68.6 Å². The standard InChI is InChI=1S/C23H27N3O4/c1-25-9-11-26(12-10-25)23(28)17-7-8-21(29-2)19(14-17)24-22(27)18-13-16-5-3-4-6-20(16)30-15-18/h3-8,14,18H,9-13,15H2,1-2H3,(H,24,27). The van der Waals surface area contributed by atoms with E-state index < -0.39 is 0 Å². The second kappa shape index (κ2) is 8.75. The van der Waals surface area contributed by atoms with Gasteiger partial charge in [0.2, 0.25) is 5.91 Å². The number of ether oxygens (including phenoxy) is 2. The Morgan fingerprint density at radius 3 is 2.63 bits per heavy atom. The number of likely N-dealkylation sites (N-methyl/N-ethyl adjacent to an activating group) is 1. The Kier molecular flexibility index (Phi) is 5.90. The summed E-state index contributed by atoms with van der Waals surface area (Å²) < 4.78 is 11.2. The van der Waals surface area contributed by atoms with Crippen molar-refractivity contribution < 1.29 is 19.1 Å². The van der Waals surface area contributed by atoms with Gasteiger partial charge in [-0.1, -0.05) is 18.2 Å². The number of benzene rings is 2. The zero-order valence-electron chi connectivity index (χ0n) is 17.4. The van der Waals surface area contributed by atoms with E-state index in [9.17, 15) is 9.59 Å². The Morgan fingerprint density at radius 2 is 1.87 bits per heavy atom. The molecular formula is C23H27N3O4. The summed E-state index contributed by atoms with van der Waals surface area (Å²) in [4.78, 5) is 29.9. The molecular weight excluding hydrogens is 382 g/mol. The number of methoxy groups -OCH3 is 1. The normalized spacial score (nSPS) is 18.9. The van der Waals surface area contributed by atoms with Crippen LogP contribution >= 0.6 is 0 Å². The third-order valence-electron chi connectivity index (χ3n) is 5.74. The Labute approximate surface area is 176 Å². The first-order chi connectivity index (χ1) is 14.5. The molecule has 158 valence electrons. The minimum atomic E-state index is -0.304. The van der Waals surface area contributed by atoms with Crippen LogP contribution in [0.2, 0.25) is 0 Å². The maximum absolute atomic E-state index is 12.9. The van der Waals surface area contributed by atoms with E-state index in [2.05, 4.69) is 17.3 Å². The van der Waals surface area contributed by atoms with Crippen LogP contribution in [0.4, 0.5) is 5.69 Å². The molecule has 0 radical (unpaired) electrons. The van der Waals surface area contributed by atoms with E-state index in [0.717, 1.165) is 24.4 Å². The van der Waals surface area contributed by atoms with Crippen molar-refractivity contribution in [2.24, 2.45) is 5.92 Å². The van der Waals surface area contributed by atoms with Crippen LogP contribution in [-0.2, 0) is 11.2 Å². The molecule has 2 aromatic rings. The number of rotatable bonds is 4. The second-order valence-corrected chi connectivity index (χ2v) is 7.82. The molecule has 0 spiro atoms. The molecule has 0 bridgehead atoms. The van der Waals surface area contributed by atoms with Gasteiger partial charge in [0.15, 0.2) is 0 Å². The molecule has 0 aliphatic carbocycles.